The van der Waals surface area contributed by atoms with Crippen LogP contribution < -0.4 is 5.32 Å². The molecule has 0 radical (unpaired) electrons. The van der Waals surface area contributed by atoms with Crippen molar-refractivity contribution in [3.63, 3.8) is 0 Å². The Balaban J connectivity index is 1.85. The molecular formula is C23H22F2N2O2S. The predicted octanol–water partition coefficient (Wildman–Crippen LogP) is 5.18. The van der Waals surface area contributed by atoms with Gasteiger partial charge < -0.3 is 10.4 Å². The van der Waals surface area contributed by atoms with E-state index >= 15 is 0 Å². The molecule has 0 fully saturated rings. The van der Waals surface area contributed by atoms with E-state index in [-0.39, 0.29) is 18.2 Å². The van der Waals surface area contributed by atoms with Gasteiger partial charge in [0.2, 0.25) is 0 Å². The zero-order valence-electron chi connectivity index (χ0n) is 16.6. The fraction of sp³-hybridized carbons (Fsp3) is 0.217. The first-order chi connectivity index (χ1) is 14.4. The molecular weight excluding hydrogens is 406 g/mol. The van der Waals surface area contributed by atoms with E-state index in [4.69, 9.17) is 0 Å². The lowest BCUT2D eigenvalue weighted by atomic mass is 10.0. The summed E-state index contributed by atoms with van der Waals surface area (Å²) in [5, 5.41) is 12.5. The monoisotopic (exact) mass is 428 g/mol. The van der Waals surface area contributed by atoms with Gasteiger partial charge in [-0.1, -0.05) is 35.9 Å². The molecule has 1 heterocycles. The Bertz CT molecular complexity index is 1010. The van der Waals surface area contributed by atoms with Crippen LogP contribution in [0.15, 0.2) is 65.7 Å². The number of amides is 1. The lowest BCUT2D eigenvalue weighted by molar-refractivity contribution is 0.0915. The van der Waals surface area contributed by atoms with Crippen molar-refractivity contribution in [2.75, 3.05) is 12.9 Å². The molecule has 3 aromatic rings. The van der Waals surface area contributed by atoms with E-state index in [1.165, 1.54) is 30.1 Å². The molecule has 1 amide bonds. The maximum atomic E-state index is 12.9. The first-order valence-electron chi connectivity index (χ1n) is 9.33. The average molecular weight is 429 g/mol. The fourth-order valence-corrected chi connectivity index (χ4v) is 3.48. The fourth-order valence-electron chi connectivity index (χ4n) is 2.99. The summed E-state index contributed by atoms with van der Waals surface area (Å²) in [7, 11) is 0. The molecule has 0 aliphatic carbocycles. The number of nitrogens with one attached hydrogen (secondary N) is 1. The summed E-state index contributed by atoms with van der Waals surface area (Å²) < 4.78 is 25.4. The van der Waals surface area contributed by atoms with Crippen molar-refractivity contribution in [3.8, 4) is 11.1 Å². The third kappa shape index (κ3) is 5.23. The molecule has 0 saturated carbocycles. The second-order valence-corrected chi connectivity index (χ2v) is 7.72. The number of aryl methyl sites for hydroxylation is 1. The highest BCUT2D eigenvalue weighted by molar-refractivity contribution is 7.98. The van der Waals surface area contributed by atoms with Gasteiger partial charge in [0.05, 0.1) is 12.6 Å². The number of benzene rings is 2. The maximum absolute atomic E-state index is 12.9. The number of hydrogen-bond acceptors (Lipinski definition) is 4. The van der Waals surface area contributed by atoms with Crippen molar-refractivity contribution in [2.24, 2.45) is 0 Å². The van der Waals surface area contributed by atoms with E-state index in [1.807, 2.05) is 43.5 Å². The molecule has 3 rings (SSSR count). The van der Waals surface area contributed by atoms with Crippen molar-refractivity contribution in [1.29, 1.82) is 0 Å². The number of hydrogen-bond donors (Lipinski definition) is 2. The number of aromatic nitrogens is 1. The topological polar surface area (TPSA) is 62.2 Å². The average Bonchev–Trinajstić information content (AvgIpc) is 2.77. The van der Waals surface area contributed by atoms with Crippen LogP contribution in [0.3, 0.4) is 0 Å². The number of aliphatic hydroxyl groups excluding tert-OH is 1. The first-order valence-corrected chi connectivity index (χ1v) is 10.6. The summed E-state index contributed by atoms with van der Waals surface area (Å²) in [6, 6.07) is 15.5. The molecule has 1 atom stereocenters. The molecule has 0 aliphatic heterocycles. The van der Waals surface area contributed by atoms with E-state index in [9.17, 15) is 18.7 Å². The van der Waals surface area contributed by atoms with E-state index in [2.05, 4.69) is 10.3 Å². The number of carbonyl (C=O) groups excluding carboxylic acids is 1. The van der Waals surface area contributed by atoms with E-state index in [0.717, 1.165) is 21.6 Å². The van der Waals surface area contributed by atoms with Gasteiger partial charge in [-0.25, -0.2) is 8.78 Å². The molecule has 30 heavy (non-hydrogen) atoms. The molecule has 1 aromatic heterocycles. The highest BCUT2D eigenvalue weighted by Gasteiger charge is 2.18. The van der Waals surface area contributed by atoms with Gasteiger partial charge in [-0.15, -0.1) is 11.8 Å². The first kappa shape index (κ1) is 21.9. The minimum atomic E-state index is -2.67. The molecule has 156 valence electrons. The number of nitrogens with zero attached hydrogens (tertiary/aromatic N) is 1. The number of carbonyl (C=O) groups is 1. The van der Waals surface area contributed by atoms with Crippen LogP contribution in [0.4, 0.5) is 8.78 Å². The van der Waals surface area contributed by atoms with Crippen molar-refractivity contribution in [3.05, 3.63) is 83.2 Å². The SMILES string of the molecule is CSc1cc(C(=O)N[C@H](CO)c2ccc(C(F)F)nc2)cc(-c2ccc(C)cc2)c1. The molecule has 0 saturated heterocycles. The van der Waals surface area contributed by atoms with Crippen LogP contribution in [0.1, 0.15) is 39.6 Å². The summed E-state index contributed by atoms with van der Waals surface area (Å²) in [6.45, 7) is 1.63. The Morgan fingerprint density at radius 3 is 2.40 bits per heavy atom. The van der Waals surface area contributed by atoms with Crippen LogP contribution >= 0.6 is 11.8 Å². The van der Waals surface area contributed by atoms with E-state index in [0.29, 0.717) is 11.1 Å². The highest BCUT2D eigenvalue weighted by atomic mass is 32.2. The quantitative estimate of drug-likeness (QED) is 0.509. The van der Waals surface area contributed by atoms with Crippen LogP contribution in [0.2, 0.25) is 0 Å². The van der Waals surface area contributed by atoms with Gasteiger partial charge >= 0.3 is 0 Å². The molecule has 2 N–H and O–H groups in total. The van der Waals surface area contributed by atoms with Crippen molar-refractivity contribution in [2.45, 2.75) is 24.3 Å². The molecule has 0 aliphatic rings. The van der Waals surface area contributed by atoms with Crippen molar-refractivity contribution < 1.29 is 18.7 Å². The number of rotatable bonds is 7. The minimum absolute atomic E-state index is 0.350. The number of pyridine rings is 1. The van der Waals surface area contributed by atoms with Gasteiger partial charge in [0.15, 0.2) is 0 Å². The van der Waals surface area contributed by atoms with Crippen LogP contribution in [-0.4, -0.2) is 28.9 Å². The van der Waals surface area contributed by atoms with Gasteiger partial charge in [-0.3, -0.25) is 9.78 Å². The second kappa shape index (κ2) is 9.82. The number of thioether (sulfide) groups is 1. The normalized spacial score (nSPS) is 12.1. The Morgan fingerprint density at radius 2 is 1.83 bits per heavy atom. The summed E-state index contributed by atoms with van der Waals surface area (Å²) in [5.41, 5.74) is 3.61. The summed E-state index contributed by atoms with van der Waals surface area (Å²) in [6.07, 6.45) is 0.511. The van der Waals surface area contributed by atoms with Crippen molar-refractivity contribution >= 4 is 17.7 Å². The maximum Gasteiger partial charge on any atom is 0.280 e. The molecule has 0 bridgehead atoms. The third-order valence-corrected chi connectivity index (χ3v) is 5.42. The van der Waals surface area contributed by atoms with Gasteiger partial charge in [-0.2, -0.15) is 0 Å². The van der Waals surface area contributed by atoms with Crippen LogP contribution in [0.25, 0.3) is 11.1 Å². The largest absolute Gasteiger partial charge is 0.394 e. The third-order valence-electron chi connectivity index (χ3n) is 4.71. The van der Waals surface area contributed by atoms with E-state index in [1.54, 1.807) is 12.1 Å². The van der Waals surface area contributed by atoms with Gasteiger partial charge in [0, 0.05) is 16.7 Å². The zero-order valence-corrected chi connectivity index (χ0v) is 17.4. The smallest absolute Gasteiger partial charge is 0.280 e. The molecule has 4 nitrogen and oxygen atoms in total. The Morgan fingerprint density at radius 1 is 1.10 bits per heavy atom. The summed E-state index contributed by atoms with van der Waals surface area (Å²) >= 11 is 1.53. The van der Waals surface area contributed by atoms with Crippen LogP contribution in [0.5, 0.6) is 0 Å². The molecule has 0 spiro atoms. The van der Waals surface area contributed by atoms with E-state index < -0.39 is 12.5 Å². The van der Waals surface area contributed by atoms with Gasteiger partial charge in [-0.05, 0) is 54.1 Å². The number of alkyl halides is 2. The van der Waals surface area contributed by atoms with Gasteiger partial charge in [0.25, 0.3) is 12.3 Å². The lowest BCUT2D eigenvalue weighted by Gasteiger charge is -2.17. The molecule has 2 aromatic carbocycles. The lowest BCUT2D eigenvalue weighted by Crippen LogP contribution is -2.31. The summed E-state index contributed by atoms with van der Waals surface area (Å²) in [4.78, 5) is 17.5. The van der Waals surface area contributed by atoms with Crippen LogP contribution in [0, 0.1) is 6.92 Å². The van der Waals surface area contributed by atoms with Gasteiger partial charge in [0.1, 0.15) is 5.69 Å². The zero-order chi connectivity index (χ0) is 21.7. The minimum Gasteiger partial charge on any atom is -0.394 e. The second-order valence-electron chi connectivity index (χ2n) is 6.84. The number of halogens is 2. The Labute approximate surface area is 178 Å². The van der Waals surface area contributed by atoms with Crippen molar-refractivity contribution in [1.82, 2.24) is 10.3 Å². The standard InChI is InChI=1S/C23H22F2N2O2S/c1-14-3-5-15(6-4-14)17-9-18(11-19(10-17)30-2)23(29)27-21(13-28)16-7-8-20(22(24)25)26-12-16/h3-12,21-22,28H,13H2,1-2H3,(H,27,29)/t21-/m1/s1. The Hall–Kier alpha value is -2.77. The predicted molar refractivity (Wildman–Crippen MR) is 115 cm³/mol. The Kier molecular flexibility index (Phi) is 7.18. The van der Waals surface area contributed by atoms with Crippen LogP contribution in [-0.2, 0) is 0 Å². The highest BCUT2D eigenvalue weighted by Crippen LogP contribution is 2.27. The molecule has 0 unspecified atom stereocenters. The molecule has 7 heteroatoms. The number of aliphatic hydroxyl groups is 1. The summed E-state index contributed by atoms with van der Waals surface area (Å²) in [5.74, 6) is -0.365.